The number of carbonyl (C=O) groups is 1. The minimum Gasteiger partial charge on any atom is -0.373 e. The molecule has 102 valence electrons. The number of anilines is 1. The first-order chi connectivity index (χ1) is 8.73. The van der Waals surface area contributed by atoms with Crippen molar-refractivity contribution >= 4 is 23.2 Å². The Morgan fingerprint density at radius 3 is 2.58 bits per heavy atom. The van der Waals surface area contributed by atoms with Crippen LogP contribution in [0.1, 0.15) is 33.3 Å². The van der Waals surface area contributed by atoms with Crippen LogP contribution in [0.4, 0.5) is 5.69 Å². The van der Waals surface area contributed by atoms with Crippen LogP contribution in [-0.4, -0.2) is 17.5 Å². The lowest BCUT2D eigenvalue weighted by molar-refractivity contribution is -0.122. The lowest BCUT2D eigenvalue weighted by Crippen LogP contribution is -2.47. The minimum atomic E-state index is -0.454. The second-order valence-electron chi connectivity index (χ2n) is 5.41. The Kier molecular flexibility index (Phi) is 4.79. The Morgan fingerprint density at radius 1 is 1.42 bits per heavy atom. The molecular weight excluding hydrogens is 262 g/mol. The van der Waals surface area contributed by atoms with Crippen molar-refractivity contribution < 1.29 is 4.79 Å². The zero-order valence-electron chi connectivity index (χ0n) is 11.5. The van der Waals surface area contributed by atoms with Gasteiger partial charge in [-0.3, -0.25) is 4.79 Å². The quantitative estimate of drug-likeness (QED) is 0.894. The second kappa shape index (κ2) is 5.94. The van der Waals surface area contributed by atoms with E-state index in [-0.39, 0.29) is 11.4 Å². The molecule has 0 aromatic heterocycles. The van der Waals surface area contributed by atoms with Crippen LogP contribution in [0, 0.1) is 11.3 Å². The molecule has 0 bridgehead atoms. The van der Waals surface area contributed by atoms with Crippen molar-refractivity contribution in [3.63, 3.8) is 0 Å². The van der Waals surface area contributed by atoms with Crippen LogP contribution in [0.25, 0.3) is 0 Å². The molecule has 2 N–H and O–H groups in total. The van der Waals surface area contributed by atoms with Gasteiger partial charge in [-0.1, -0.05) is 11.6 Å². The first kappa shape index (κ1) is 15.3. The molecule has 0 heterocycles. The summed E-state index contributed by atoms with van der Waals surface area (Å²) in [6, 6.07) is 6.52. The smallest absolute Gasteiger partial charge is 0.242 e. The molecule has 0 fully saturated rings. The fourth-order valence-corrected chi connectivity index (χ4v) is 1.68. The molecule has 0 aliphatic carbocycles. The topological polar surface area (TPSA) is 64.9 Å². The van der Waals surface area contributed by atoms with Gasteiger partial charge in [0.05, 0.1) is 11.3 Å². The number of nitrogens with zero attached hydrogens (tertiary/aromatic N) is 1. The molecule has 0 aliphatic rings. The normalized spacial score (nSPS) is 12.4. The maximum absolute atomic E-state index is 12.0. The molecule has 1 unspecified atom stereocenters. The molecule has 5 heteroatoms. The summed E-state index contributed by atoms with van der Waals surface area (Å²) >= 11 is 5.89. The number of carbonyl (C=O) groups excluding carboxylic acids is 1. The fourth-order valence-electron chi connectivity index (χ4n) is 1.51. The highest BCUT2D eigenvalue weighted by Crippen LogP contribution is 2.21. The van der Waals surface area contributed by atoms with Gasteiger partial charge >= 0.3 is 0 Å². The van der Waals surface area contributed by atoms with Crippen molar-refractivity contribution in [2.24, 2.45) is 0 Å². The Morgan fingerprint density at radius 2 is 2.05 bits per heavy atom. The summed E-state index contributed by atoms with van der Waals surface area (Å²) in [7, 11) is 0. The zero-order valence-corrected chi connectivity index (χ0v) is 12.3. The maximum Gasteiger partial charge on any atom is 0.242 e. The van der Waals surface area contributed by atoms with Gasteiger partial charge in [0.1, 0.15) is 12.1 Å². The van der Waals surface area contributed by atoms with E-state index in [0.717, 1.165) is 0 Å². The molecule has 1 amide bonds. The number of hydrogen-bond donors (Lipinski definition) is 2. The largest absolute Gasteiger partial charge is 0.373 e. The number of benzene rings is 1. The van der Waals surface area contributed by atoms with E-state index in [0.29, 0.717) is 16.3 Å². The molecule has 1 aromatic rings. The van der Waals surface area contributed by atoms with Crippen molar-refractivity contribution in [3.8, 4) is 6.07 Å². The van der Waals surface area contributed by atoms with Gasteiger partial charge in [0.2, 0.25) is 5.91 Å². The predicted molar refractivity (Wildman–Crippen MR) is 77.1 cm³/mol. The standard InChI is InChI=1S/C14H18ClN3O/c1-9(13(19)18-14(2,3)4)17-12-7-11(15)6-5-10(12)8-16/h5-7,9,17H,1-4H3,(H,18,19). The number of rotatable bonds is 3. The maximum atomic E-state index is 12.0. The van der Waals surface area contributed by atoms with Gasteiger partial charge < -0.3 is 10.6 Å². The number of nitriles is 1. The second-order valence-corrected chi connectivity index (χ2v) is 5.84. The Bertz CT molecular complexity index is 514. The zero-order chi connectivity index (χ0) is 14.6. The van der Waals surface area contributed by atoms with E-state index in [1.54, 1.807) is 25.1 Å². The molecule has 1 rings (SSSR count). The van der Waals surface area contributed by atoms with Crippen LogP contribution in [0.15, 0.2) is 18.2 Å². The molecule has 0 radical (unpaired) electrons. The van der Waals surface area contributed by atoms with Gasteiger partial charge in [0, 0.05) is 10.6 Å². The summed E-state index contributed by atoms with van der Waals surface area (Å²) in [4.78, 5) is 12.0. The average Bonchev–Trinajstić information content (AvgIpc) is 2.27. The van der Waals surface area contributed by atoms with Crippen LogP contribution in [0.3, 0.4) is 0 Å². The highest BCUT2D eigenvalue weighted by molar-refractivity contribution is 6.30. The van der Waals surface area contributed by atoms with Crippen molar-refractivity contribution in [2.75, 3.05) is 5.32 Å². The van der Waals surface area contributed by atoms with Crippen molar-refractivity contribution in [2.45, 2.75) is 39.3 Å². The Hall–Kier alpha value is -1.73. The monoisotopic (exact) mass is 279 g/mol. The molecule has 4 nitrogen and oxygen atoms in total. The first-order valence-corrected chi connectivity index (χ1v) is 6.39. The molecule has 1 atom stereocenters. The van der Waals surface area contributed by atoms with E-state index in [2.05, 4.69) is 16.7 Å². The summed E-state index contributed by atoms with van der Waals surface area (Å²) in [5.41, 5.74) is 0.728. The SMILES string of the molecule is CC(Nc1cc(Cl)ccc1C#N)C(=O)NC(C)(C)C. The van der Waals surface area contributed by atoms with E-state index in [4.69, 9.17) is 16.9 Å². The number of hydrogen-bond acceptors (Lipinski definition) is 3. The van der Waals surface area contributed by atoms with Gasteiger partial charge in [0.15, 0.2) is 0 Å². The first-order valence-electron chi connectivity index (χ1n) is 6.01. The van der Waals surface area contributed by atoms with Crippen LogP contribution >= 0.6 is 11.6 Å². The van der Waals surface area contributed by atoms with E-state index >= 15 is 0 Å². The number of halogens is 1. The highest BCUT2D eigenvalue weighted by Gasteiger charge is 2.19. The third-order valence-electron chi connectivity index (χ3n) is 2.37. The molecule has 19 heavy (non-hydrogen) atoms. The summed E-state index contributed by atoms with van der Waals surface area (Å²) < 4.78 is 0. The fraction of sp³-hybridized carbons (Fsp3) is 0.429. The Labute approximate surface area is 118 Å². The third kappa shape index (κ3) is 4.80. The van der Waals surface area contributed by atoms with E-state index in [1.807, 2.05) is 20.8 Å². The van der Waals surface area contributed by atoms with Gasteiger partial charge in [-0.2, -0.15) is 5.26 Å². The summed E-state index contributed by atoms with van der Waals surface area (Å²) in [5.74, 6) is -0.128. The van der Waals surface area contributed by atoms with Crippen LogP contribution < -0.4 is 10.6 Å². The van der Waals surface area contributed by atoms with Gasteiger partial charge in [-0.05, 0) is 45.9 Å². The van der Waals surface area contributed by atoms with Crippen LogP contribution in [0.5, 0.6) is 0 Å². The van der Waals surface area contributed by atoms with Crippen molar-refractivity contribution in [1.29, 1.82) is 5.26 Å². The lowest BCUT2D eigenvalue weighted by Gasteiger charge is -2.24. The summed E-state index contributed by atoms with van der Waals surface area (Å²) in [6.45, 7) is 7.48. The predicted octanol–water partition coefficient (Wildman–Crippen LogP) is 2.93. The van der Waals surface area contributed by atoms with Crippen molar-refractivity contribution in [3.05, 3.63) is 28.8 Å². The number of nitrogens with one attached hydrogen (secondary N) is 2. The molecule has 1 aromatic carbocycles. The molecule has 0 saturated heterocycles. The van der Waals surface area contributed by atoms with Crippen molar-refractivity contribution in [1.82, 2.24) is 5.32 Å². The molecule has 0 saturated carbocycles. The summed E-state index contributed by atoms with van der Waals surface area (Å²) in [6.07, 6.45) is 0. The molecule has 0 spiro atoms. The lowest BCUT2D eigenvalue weighted by atomic mass is 10.1. The third-order valence-corrected chi connectivity index (χ3v) is 2.60. The van der Waals surface area contributed by atoms with E-state index < -0.39 is 6.04 Å². The molecular formula is C14H18ClN3O. The summed E-state index contributed by atoms with van der Waals surface area (Å²) in [5, 5.41) is 15.4. The minimum absolute atomic E-state index is 0.128. The van der Waals surface area contributed by atoms with Gasteiger partial charge in [-0.15, -0.1) is 0 Å². The van der Waals surface area contributed by atoms with Crippen LogP contribution in [-0.2, 0) is 4.79 Å². The van der Waals surface area contributed by atoms with E-state index in [1.165, 1.54) is 0 Å². The van der Waals surface area contributed by atoms with E-state index in [9.17, 15) is 4.79 Å². The van der Waals surface area contributed by atoms with Gasteiger partial charge in [0.25, 0.3) is 0 Å². The number of amides is 1. The van der Waals surface area contributed by atoms with Gasteiger partial charge in [-0.25, -0.2) is 0 Å². The van der Waals surface area contributed by atoms with Crippen LogP contribution in [0.2, 0.25) is 5.02 Å². The highest BCUT2D eigenvalue weighted by atomic mass is 35.5. The Balaban J connectivity index is 2.83. The molecule has 0 aliphatic heterocycles. The average molecular weight is 280 g/mol.